The van der Waals surface area contributed by atoms with Crippen LogP contribution in [0.25, 0.3) is 83.0 Å². The van der Waals surface area contributed by atoms with E-state index in [2.05, 4.69) is 56.3 Å². The number of benzene rings is 6. The molecule has 0 spiro atoms. The molecule has 0 amide bonds. The minimum atomic E-state index is 0. The van der Waals surface area contributed by atoms with E-state index in [4.69, 9.17) is 12.2 Å². The molecule has 0 saturated carbocycles. The van der Waals surface area contributed by atoms with E-state index >= 15 is 0 Å². The van der Waals surface area contributed by atoms with Gasteiger partial charge in [-0.1, -0.05) is 70.6 Å². The summed E-state index contributed by atoms with van der Waals surface area (Å²) < 4.78 is 35.3. The third-order valence-electron chi connectivity index (χ3n) is 10.5. The number of nitrogens with zero attached hydrogens (tertiary/aromatic N) is 7. The van der Waals surface area contributed by atoms with E-state index in [0.29, 0.717) is 51.6 Å². The van der Waals surface area contributed by atoms with Gasteiger partial charge >= 0.3 is 42.1 Å². The maximum atomic E-state index is 8.18. The predicted molar refractivity (Wildman–Crippen MR) is 229 cm³/mol. The number of ether oxygens (including phenoxy) is 2. The van der Waals surface area contributed by atoms with E-state index in [1.807, 2.05) is 123 Å². The van der Waals surface area contributed by atoms with Crippen molar-refractivity contribution in [2.24, 2.45) is 0 Å². The first-order valence-corrected chi connectivity index (χ1v) is 18.9. The standard InChI is InChI=1S/C50H27N7O2.2Pt/c1-3-12-42-36(10-1)38-20-16-32(28-44(38)55(42)48-14-5-7-24-51-48)58-34-18-22-40-41-23-19-35(31-47(41)57(46(40)30-34)50-53-26-9-27-54-50)59-33-17-21-39-37-11-2-4-13-43(37)56(45(39)29-33)49-15-6-8-25-52-49;;/h1-27H;;/q-4;2*+2/i24D,25D;;. The third-order valence-corrected chi connectivity index (χ3v) is 10.5. The second-order valence-electron chi connectivity index (χ2n) is 13.9. The Labute approximate surface area is 380 Å². The second kappa shape index (κ2) is 15.6. The van der Waals surface area contributed by atoms with Crippen LogP contribution in [0.15, 0.2) is 164 Å². The molecular formula is C50H27N7O2Pt2. The van der Waals surface area contributed by atoms with E-state index in [-0.39, 0.29) is 54.5 Å². The zero-order chi connectivity index (χ0) is 40.6. The van der Waals surface area contributed by atoms with Gasteiger partial charge in [0.25, 0.3) is 0 Å². The largest absolute Gasteiger partial charge is 2.00 e. The van der Waals surface area contributed by atoms with Gasteiger partial charge in [-0.15, -0.1) is 59.3 Å². The first-order chi connectivity index (χ1) is 30.0. The van der Waals surface area contributed by atoms with Gasteiger partial charge in [0.05, 0.1) is 2.74 Å². The van der Waals surface area contributed by atoms with Crippen LogP contribution in [0.5, 0.6) is 23.0 Å². The molecule has 6 aromatic carbocycles. The molecule has 0 N–H and O–H groups in total. The van der Waals surface area contributed by atoms with Crippen molar-refractivity contribution in [2.45, 2.75) is 0 Å². The Morgan fingerprint density at radius 2 is 0.754 bits per heavy atom. The van der Waals surface area contributed by atoms with Crippen molar-refractivity contribution in [3.8, 4) is 40.6 Å². The van der Waals surface area contributed by atoms with Crippen LogP contribution in [-0.4, -0.2) is 33.6 Å². The van der Waals surface area contributed by atoms with Gasteiger partial charge in [0.2, 0.25) is 5.95 Å². The minimum absolute atomic E-state index is 0. The Bertz CT molecular complexity index is 3500. The Hall–Kier alpha value is -6.92. The molecule has 0 aliphatic heterocycles. The van der Waals surface area contributed by atoms with Crippen LogP contribution in [0.1, 0.15) is 2.74 Å². The van der Waals surface area contributed by atoms with E-state index in [0.717, 1.165) is 54.4 Å². The summed E-state index contributed by atoms with van der Waals surface area (Å²) in [4.78, 5) is 18.3. The third kappa shape index (κ3) is 6.40. The number of pyridine rings is 2. The van der Waals surface area contributed by atoms with Gasteiger partial charge in [0.1, 0.15) is 11.6 Å². The molecule has 0 atom stereocenters. The van der Waals surface area contributed by atoms with Gasteiger partial charge in [0, 0.05) is 58.8 Å². The van der Waals surface area contributed by atoms with Crippen LogP contribution < -0.4 is 9.47 Å². The van der Waals surface area contributed by atoms with Gasteiger partial charge in [-0.05, 0) is 53.2 Å². The molecule has 294 valence electrons. The summed E-state index contributed by atoms with van der Waals surface area (Å²) in [5.41, 5.74) is 4.87. The van der Waals surface area contributed by atoms with E-state index in [1.165, 1.54) is 0 Å². The normalized spacial score (nSPS) is 11.8. The summed E-state index contributed by atoms with van der Waals surface area (Å²) in [7, 11) is 0. The van der Waals surface area contributed by atoms with E-state index in [9.17, 15) is 0 Å². The van der Waals surface area contributed by atoms with Crippen molar-refractivity contribution in [3.63, 3.8) is 0 Å². The molecule has 6 aromatic heterocycles. The van der Waals surface area contributed by atoms with Crippen LogP contribution >= 0.6 is 0 Å². The quantitative estimate of drug-likeness (QED) is 0.148. The Kier molecular flexibility index (Phi) is 9.20. The van der Waals surface area contributed by atoms with Gasteiger partial charge < -0.3 is 23.2 Å². The summed E-state index contributed by atoms with van der Waals surface area (Å²) in [6.45, 7) is 0. The zero-order valence-corrected chi connectivity index (χ0v) is 36.1. The average Bonchev–Trinajstić information content (AvgIpc) is 3.91. The summed E-state index contributed by atoms with van der Waals surface area (Å²) in [6, 6.07) is 58.3. The molecule has 12 rings (SSSR count). The molecule has 12 aromatic rings. The first-order valence-electron chi connectivity index (χ1n) is 19.9. The molecular weight excluding hydrogens is 1120 g/mol. The topological polar surface area (TPSA) is 84.8 Å². The molecule has 0 unspecified atom stereocenters. The number of aromatic nitrogens is 7. The van der Waals surface area contributed by atoms with Gasteiger partial charge in [-0.3, -0.25) is 0 Å². The molecule has 61 heavy (non-hydrogen) atoms. The molecule has 11 heteroatoms. The number of hydrogen-bond acceptors (Lipinski definition) is 6. The number of fused-ring (bicyclic) bond motifs is 9. The van der Waals surface area contributed by atoms with Crippen LogP contribution in [0.2, 0.25) is 0 Å². The van der Waals surface area contributed by atoms with Crippen molar-refractivity contribution in [1.29, 1.82) is 0 Å². The van der Waals surface area contributed by atoms with E-state index < -0.39 is 0 Å². The Morgan fingerprint density at radius 1 is 0.377 bits per heavy atom. The predicted octanol–water partition coefficient (Wildman–Crippen LogP) is 11.3. The van der Waals surface area contributed by atoms with Crippen LogP contribution in [0.3, 0.4) is 0 Å². The van der Waals surface area contributed by atoms with Gasteiger partial charge in [0.15, 0.2) is 0 Å². The summed E-state index contributed by atoms with van der Waals surface area (Å²) in [5.74, 6) is 3.61. The molecule has 6 heterocycles. The zero-order valence-electron chi connectivity index (χ0n) is 33.5. The maximum absolute atomic E-state index is 8.18. The van der Waals surface area contributed by atoms with Crippen LogP contribution in [-0.2, 0) is 42.1 Å². The van der Waals surface area contributed by atoms with Gasteiger partial charge in [-0.25, -0.2) is 19.9 Å². The van der Waals surface area contributed by atoms with Crippen LogP contribution in [0, 0.1) is 24.3 Å². The molecule has 0 aliphatic carbocycles. The van der Waals surface area contributed by atoms with Crippen molar-refractivity contribution in [1.82, 2.24) is 33.6 Å². The fraction of sp³-hybridized carbons (Fsp3) is 0. The fourth-order valence-electron chi connectivity index (χ4n) is 8.02. The summed E-state index contributed by atoms with van der Waals surface area (Å²) in [6.07, 6.45) is 3.75. The summed E-state index contributed by atoms with van der Waals surface area (Å²) in [5, 5.41) is 5.88. The Morgan fingerprint density at radius 3 is 1.18 bits per heavy atom. The molecule has 0 aliphatic rings. The van der Waals surface area contributed by atoms with Gasteiger partial charge in [-0.2, -0.15) is 35.0 Å². The SMILES string of the molecule is [2H]c1cccc(-n2c3[c-]c(Oc4[c-]c5c(cc4)c4ccc(Oc6[c-]c7c(cc6)c6ccccc6n7-c6cccc([2H])n6)[c-]c4n5-c4ncccn4)ccc3c3ccccc32)n1.[Pt+2].[Pt+2]. The minimum Gasteiger partial charge on any atom is -0.509 e. The average molecular weight is 1150 g/mol. The summed E-state index contributed by atoms with van der Waals surface area (Å²) >= 11 is 0. The van der Waals surface area contributed by atoms with E-state index in [1.54, 1.807) is 30.6 Å². The van der Waals surface area contributed by atoms with Crippen molar-refractivity contribution in [3.05, 3.63) is 189 Å². The maximum Gasteiger partial charge on any atom is 2.00 e. The molecule has 0 radical (unpaired) electrons. The van der Waals surface area contributed by atoms with Crippen molar-refractivity contribution >= 4 is 65.4 Å². The molecule has 0 saturated heterocycles. The van der Waals surface area contributed by atoms with Crippen molar-refractivity contribution < 1.29 is 54.3 Å². The van der Waals surface area contributed by atoms with Crippen molar-refractivity contribution in [2.75, 3.05) is 0 Å². The number of hydrogen-bond donors (Lipinski definition) is 0. The Balaban J connectivity index is 0.00000236. The van der Waals surface area contributed by atoms with Crippen LogP contribution in [0.4, 0.5) is 0 Å². The number of rotatable bonds is 7. The fourth-order valence-corrected chi connectivity index (χ4v) is 8.02. The monoisotopic (exact) mass is 1150 g/mol. The molecule has 0 bridgehead atoms. The molecule has 0 fully saturated rings. The number of para-hydroxylation sites is 2. The second-order valence-corrected chi connectivity index (χ2v) is 13.9. The smallest absolute Gasteiger partial charge is 0.509 e. The first kappa shape index (κ1) is 36.0. The molecule has 9 nitrogen and oxygen atoms in total.